The van der Waals surface area contributed by atoms with E-state index in [2.05, 4.69) is 10.6 Å². The molecule has 1 atom stereocenters. The summed E-state index contributed by atoms with van der Waals surface area (Å²) in [5.41, 5.74) is 0.326. The quantitative estimate of drug-likeness (QED) is 0.562. The Kier molecular flexibility index (Phi) is 8.10. The van der Waals surface area contributed by atoms with Crippen molar-refractivity contribution in [2.24, 2.45) is 0 Å². The van der Waals surface area contributed by atoms with Crippen LogP contribution in [0.5, 0.6) is 5.75 Å². The van der Waals surface area contributed by atoms with E-state index in [1.807, 2.05) is 0 Å². The first-order valence-corrected chi connectivity index (χ1v) is 9.42. The molecule has 1 aromatic carbocycles. The van der Waals surface area contributed by atoms with Gasteiger partial charge in [-0.15, -0.1) is 0 Å². The molecule has 0 bridgehead atoms. The summed E-state index contributed by atoms with van der Waals surface area (Å²) in [6, 6.07) is 6.86. The fraction of sp³-hybridized carbons (Fsp3) is 0.550. The molecule has 2 amide bonds. The average molecular weight is 376 g/mol. The van der Waals surface area contributed by atoms with Gasteiger partial charge in [-0.1, -0.05) is 37.8 Å². The number of benzene rings is 1. The second kappa shape index (κ2) is 10.5. The van der Waals surface area contributed by atoms with E-state index >= 15 is 0 Å². The lowest BCUT2D eigenvalue weighted by Crippen LogP contribution is -2.43. The summed E-state index contributed by atoms with van der Waals surface area (Å²) in [6.45, 7) is 1.21. The molecule has 7 heteroatoms. The van der Waals surface area contributed by atoms with Crippen LogP contribution >= 0.6 is 0 Å². The molecule has 0 radical (unpaired) electrons. The number of rotatable bonds is 7. The average Bonchev–Trinajstić information content (AvgIpc) is 2.94. The highest BCUT2D eigenvalue weighted by molar-refractivity contribution is 5.98. The van der Waals surface area contributed by atoms with Crippen LogP contribution in [0.2, 0.25) is 0 Å². The number of esters is 1. The lowest BCUT2D eigenvalue weighted by atomic mass is 10.1. The Morgan fingerprint density at radius 2 is 1.78 bits per heavy atom. The Bertz CT molecular complexity index is 654. The van der Waals surface area contributed by atoms with Gasteiger partial charge in [0.05, 0.1) is 12.7 Å². The molecule has 1 fully saturated rings. The van der Waals surface area contributed by atoms with Crippen molar-refractivity contribution in [1.29, 1.82) is 0 Å². The smallest absolute Gasteiger partial charge is 0.326 e. The zero-order chi connectivity index (χ0) is 19.6. The van der Waals surface area contributed by atoms with Gasteiger partial charge in [0.25, 0.3) is 11.8 Å². The predicted molar refractivity (Wildman–Crippen MR) is 101 cm³/mol. The number of para-hydroxylation sites is 1. The molecule has 0 saturated heterocycles. The molecule has 0 aromatic heterocycles. The second-order valence-electron chi connectivity index (χ2n) is 6.71. The maximum Gasteiger partial charge on any atom is 0.326 e. The van der Waals surface area contributed by atoms with Crippen molar-refractivity contribution in [3.05, 3.63) is 29.8 Å². The van der Waals surface area contributed by atoms with E-state index in [0.29, 0.717) is 11.3 Å². The van der Waals surface area contributed by atoms with Gasteiger partial charge >= 0.3 is 5.97 Å². The van der Waals surface area contributed by atoms with Gasteiger partial charge in [-0.2, -0.15) is 0 Å². The number of amides is 2. The first kappa shape index (κ1) is 20.7. The lowest BCUT2D eigenvalue weighted by Gasteiger charge is -2.19. The van der Waals surface area contributed by atoms with Crippen LogP contribution in [0.4, 0.5) is 0 Å². The van der Waals surface area contributed by atoms with Gasteiger partial charge in [-0.05, 0) is 31.9 Å². The Morgan fingerprint density at radius 1 is 1.11 bits per heavy atom. The fourth-order valence-corrected chi connectivity index (χ4v) is 3.11. The summed E-state index contributed by atoms with van der Waals surface area (Å²) in [7, 11) is 1.47. The number of carbonyl (C=O) groups excluding carboxylic acids is 3. The Morgan fingerprint density at radius 3 is 2.44 bits per heavy atom. The molecule has 0 spiro atoms. The van der Waals surface area contributed by atoms with Crippen molar-refractivity contribution in [3.63, 3.8) is 0 Å². The summed E-state index contributed by atoms with van der Waals surface area (Å²) in [5, 5.41) is 5.43. The van der Waals surface area contributed by atoms with Crippen LogP contribution in [0.1, 0.15) is 55.8 Å². The topological polar surface area (TPSA) is 93.7 Å². The van der Waals surface area contributed by atoms with Crippen molar-refractivity contribution in [2.45, 2.75) is 57.6 Å². The minimum atomic E-state index is -0.899. The molecular formula is C20H28N2O5. The standard InChI is InChI=1S/C20H28N2O5/c1-14(19(24)22-15-9-5-3-4-6-10-15)27-18(23)13-21-20(25)16-11-7-8-12-17(16)26-2/h7-8,11-12,14-15H,3-6,9-10,13H2,1-2H3,(H,21,25)(H,22,24)/t14-/m0/s1. The highest BCUT2D eigenvalue weighted by atomic mass is 16.5. The first-order chi connectivity index (χ1) is 13.0. The van der Waals surface area contributed by atoms with Crippen molar-refractivity contribution in [1.82, 2.24) is 10.6 Å². The molecule has 7 nitrogen and oxygen atoms in total. The molecule has 1 aromatic rings. The Balaban J connectivity index is 1.77. The van der Waals surface area contributed by atoms with Crippen LogP contribution in [-0.4, -0.2) is 43.6 Å². The van der Waals surface area contributed by atoms with E-state index in [0.717, 1.165) is 25.7 Å². The summed E-state index contributed by atoms with van der Waals surface area (Å²) in [4.78, 5) is 36.3. The largest absolute Gasteiger partial charge is 0.496 e. The third kappa shape index (κ3) is 6.58. The van der Waals surface area contributed by atoms with Crippen molar-refractivity contribution in [2.75, 3.05) is 13.7 Å². The number of methoxy groups -OCH3 is 1. The molecular weight excluding hydrogens is 348 g/mol. The van der Waals surface area contributed by atoms with Gasteiger partial charge < -0.3 is 20.1 Å². The van der Waals surface area contributed by atoms with Gasteiger partial charge in [-0.25, -0.2) is 0 Å². The van der Waals surface area contributed by atoms with Gasteiger partial charge in [0.2, 0.25) is 0 Å². The molecule has 0 unspecified atom stereocenters. The van der Waals surface area contributed by atoms with Crippen LogP contribution in [0.3, 0.4) is 0 Å². The van der Waals surface area contributed by atoms with Crippen molar-refractivity contribution >= 4 is 17.8 Å². The zero-order valence-electron chi connectivity index (χ0n) is 16.0. The highest BCUT2D eigenvalue weighted by Crippen LogP contribution is 2.18. The first-order valence-electron chi connectivity index (χ1n) is 9.42. The zero-order valence-corrected chi connectivity index (χ0v) is 16.0. The summed E-state index contributed by atoms with van der Waals surface area (Å²) < 4.78 is 10.3. The molecule has 1 aliphatic rings. The Labute approximate surface area is 159 Å². The van der Waals surface area contributed by atoms with Crippen LogP contribution in [0, 0.1) is 0 Å². The van der Waals surface area contributed by atoms with E-state index in [-0.39, 0.29) is 18.5 Å². The van der Waals surface area contributed by atoms with E-state index in [9.17, 15) is 14.4 Å². The third-order valence-electron chi connectivity index (χ3n) is 4.62. The third-order valence-corrected chi connectivity index (χ3v) is 4.62. The number of ether oxygens (including phenoxy) is 2. The van der Waals surface area contributed by atoms with E-state index in [1.165, 1.54) is 26.9 Å². The molecule has 2 rings (SSSR count). The minimum Gasteiger partial charge on any atom is -0.496 e. The van der Waals surface area contributed by atoms with Gasteiger partial charge in [-0.3, -0.25) is 14.4 Å². The maximum atomic E-state index is 12.2. The Hall–Kier alpha value is -2.57. The molecule has 27 heavy (non-hydrogen) atoms. The summed E-state index contributed by atoms with van der Waals surface area (Å²) in [6.07, 6.45) is 5.63. The normalized spacial score (nSPS) is 15.9. The molecule has 0 heterocycles. The number of hydrogen-bond donors (Lipinski definition) is 2. The molecule has 0 aliphatic heterocycles. The van der Waals surface area contributed by atoms with E-state index in [1.54, 1.807) is 24.3 Å². The number of hydrogen-bond acceptors (Lipinski definition) is 5. The van der Waals surface area contributed by atoms with Crippen molar-refractivity contribution < 1.29 is 23.9 Å². The minimum absolute atomic E-state index is 0.145. The van der Waals surface area contributed by atoms with Gasteiger partial charge in [0.15, 0.2) is 6.10 Å². The van der Waals surface area contributed by atoms with Gasteiger partial charge in [0.1, 0.15) is 12.3 Å². The summed E-state index contributed by atoms with van der Waals surface area (Å²) in [5.74, 6) is -0.993. The number of carbonyl (C=O) groups is 3. The monoisotopic (exact) mass is 376 g/mol. The van der Waals surface area contributed by atoms with Crippen LogP contribution in [0.25, 0.3) is 0 Å². The molecule has 148 valence electrons. The highest BCUT2D eigenvalue weighted by Gasteiger charge is 2.22. The second-order valence-corrected chi connectivity index (χ2v) is 6.71. The van der Waals surface area contributed by atoms with Crippen LogP contribution in [-0.2, 0) is 14.3 Å². The molecule has 2 N–H and O–H groups in total. The molecule has 1 saturated carbocycles. The lowest BCUT2D eigenvalue weighted by molar-refractivity contribution is -0.154. The van der Waals surface area contributed by atoms with E-state index < -0.39 is 18.0 Å². The SMILES string of the molecule is COc1ccccc1C(=O)NCC(=O)O[C@@H](C)C(=O)NC1CCCCCC1. The van der Waals surface area contributed by atoms with Gasteiger partial charge in [0, 0.05) is 6.04 Å². The predicted octanol–water partition coefficient (Wildman–Crippen LogP) is 2.20. The molecule has 1 aliphatic carbocycles. The fourth-order valence-electron chi connectivity index (χ4n) is 3.11. The van der Waals surface area contributed by atoms with Crippen LogP contribution in [0.15, 0.2) is 24.3 Å². The van der Waals surface area contributed by atoms with Crippen LogP contribution < -0.4 is 15.4 Å². The van der Waals surface area contributed by atoms with E-state index in [4.69, 9.17) is 9.47 Å². The van der Waals surface area contributed by atoms with Crippen molar-refractivity contribution in [3.8, 4) is 5.75 Å². The summed E-state index contributed by atoms with van der Waals surface area (Å²) >= 11 is 0. The maximum absolute atomic E-state index is 12.2. The number of nitrogens with one attached hydrogen (secondary N) is 2.